The topological polar surface area (TPSA) is 65.9 Å². The molecule has 1 N–H and O–H groups in total. The number of hydrogen-bond acceptors (Lipinski definition) is 7. The molecular weight excluding hydrogens is 505 g/mol. The van der Waals surface area contributed by atoms with Crippen LogP contribution in [0.25, 0.3) is 0 Å². The van der Waals surface area contributed by atoms with Gasteiger partial charge in [-0.25, -0.2) is 23.1 Å². The Labute approximate surface area is 229 Å². The van der Waals surface area contributed by atoms with Gasteiger partial charge in [-0.2, -0.15) is 4.99 Å². The minimum atomic E-state index is -2.89. The van der Waals surface area contributed by atoms with E-state index in [-0.39, 0.29) is 17.6 Å². The lowest BCUT2D eigenvalue weighted by Crippen LogP contribution is -2.50. The number of hydrogen-bond donors (Lipinski definition) is 1. The normalized spacial score (nSPS) is 18.9. The van der Waals surface area contributed by atoms with E-state index in [2.05, 4.69) is 45.5 Å². The molecule has 4 rings (SSSR count). The number of aliphatic imine (C=N–C) groups is 1. The van der Waals surface area contributed by atoms with Gasteiger partial charge in [0, 0.05) is 35.8 Å². The Morgan fingerprint density at radius 3 is 2.41 bits per heavy atom. The fourth-order valence-corrected chi connectivity index (χ4v) is 5.14. The number of rotatable bonds is 9. The number of likely N-dealkylation sites (N-methyl/N-ethyl adjacent to an activating group) is 1. The minimum absolute atomic E-state index is 0.0334. The summed E-state index contributed by atoms with van der Waals surface area (Å²) >= 11 is 0. The van der Waals surface area contributed by atoms with Crippen LogP contribution in [0.1, 0.15) is 62.8 Å². The van der Waals surface area contributed by atoms with Crippen LogP contribution in [0.5, 0.6) is 0 Å². The van der Waals surface area contributed by atoms with Gasteiger partial charge < -0.3 is 15.0 Å². The van der Waals surface area contributed by atoms with Crippen LogP contribution < -0.4 is 5.32 Å². The molecule has 0 amide bonds. The van der Waals surface area contributed by atoms with E-state index < -0.39 is 23.8 Å². The molecule has 3 heterocycles. The zero-order valence-corrected chi connectivity index (χ0v) is 23.4. The van der Waals surface area contributed by atoms with Crippen molar-refractivity contribution < 1.29 is 17.9 Å². The molecular formula is C29H39F3N6O. The maximum absolute atomic E-state index is 14.7. The molecule has 7 nitrogen and oxygen atoms in total. The molecule has 2 aromatic rings. The molecule has 0 saturated carbocycles. The number of nitrogens with zero attached hydrogens (tertiary/aromatic N) is 5. The second-order valence-electron chi connectivity index (χ2n) is 10.9. The number of likely N-dealkylation sites (tertiary alicyclic amines) is 2. The van der Waals surface area contributed by atoms with Crippen LogP contribution in [0, 0.1) is 18.7 Å². The van der Waals surface area contributed by atoms with Crippen molar-refractivity contribution in [2.24, 2.45) is 10.9 Å². The van der Waals surface area contributed by atoms with Crippen LogP contribution in [0.15, 0.2) is 41.7 Å². The molecule has 10 heteroatoms. The minimum Gasteiger partial charge on any atom is -0.471 e. The van der Waals surface area contributed by atoms with E-state index in [0.717, 1.165) is 50.7 Å². The molecule has 0 unspecified atom stereocenters. The number of aromatic nitrogens is 2. The van der Waals surface area contributed by atoms with Crippen LogP contribution in [0.4, 0.5) is 24.8 Å². The summed E-state index contributed by atoms with van der Waals surface area (Å²) in [5, 5.41) is 3.14. The first-order valence-electron chi connectivity index (χ1n) is 13.6. The summed E-state index contributed by atoms with van der Waals surface area (Å²) in [5.41, 5.74) is 1.03. The monoisotopic (exact) mass is 544 g/mol. The van der Waals surface area contributed by atoms with Crippen molar-refractivity contribution >= 4 is 17.5 Å². The zero-order valence-electron chi connectivity index (χ0n) is 23.4. The van der Waals surface area contributed by atoms with E-state index in [1.165, 1.54) is 18.5 Å². The Bertz CT molecular complexity index is 1190. The number of benzene rings is 1. The van der Waals surface area contributed by atoms with E-state index >= 15 is 0 Å². The van der Waals surface area contributed by atoms with Crippen LogP contribution in [0.2, 0.25) is 0 Å². The maximum Gasteiger partial charge on any atom is 0.266 e. The van der Waals surface area contributed by atoms with Gasteiger partial charge in [0.05, 0.1) is 11.6 Å². The quantitative estimate of drug-likeness (QED) is 0.305. The number of halogens is 3. The predicted molar refractivity (Wildman–Crippen MR) is 148 cm³/mol. The zero-order chi connectivity index (χ0) is 28.3. The largest absolute Gasteiger partial charge is 0.471 e. The highest BCUT2D eigenvalue weighted by atomic mass is 19.3. The molecule has 212 valence electrons. The molecule has 2 aliphatic rings. The summed E-state index contributed by atoms with van der Waals surface area (Å²) in [6.45, 7) is 16.0. The summed E-state index contributed by atoms with van der Waals surface area (Å²) in [7, 11) is 2.04. The van der Waals surface area contributed by atoms with Gasteiger partial charge in [-0.1, -0.05) is 24.8 Å². The van der Waals surface area contributed by atoms with E-state index in [9.17, 15) is 13.2 Å². The molecule has 0 aliphatic carbocycles. The summed E-state index contributed by atoms with van der Waals surface area (Å²) in [6, 6.07) is 3.91. The maximum atomic E-state index is 14.7. The van der Waals surface area contributed by atoms with Gasteiger partial charge in [-0.15, -0.1) is 0 Å². The van der Waals surface area contributed by atoms with Gasteiger partial charge in [-0.05, 0) is 66.6 Å². The molecule has 1 aromatic heterocycles. The van der Waals surface area contributed by atoms with E-state index in [1.807, 2.05) is 14.0 Å². The molecule has 39 heavy (non-hydrogen) atoms. The molecule has 0 spiro atoms. The number of ether oxygens (including phenoxy) is 1. The van der Waals surface area contributed by atoms with Gasteiger partial charge in [0.25, 0.3) is 6.43 Å². The van der Waals surface area contributed by atoms with E-state index in [4.69, 9.17) is 9.73 Å². The third kappa shape index (κ3) is 6.78. The number of piperidine rings is 1. The smallest absolute Gasteiger partial charge is 0.266 e. The Morgan fingerprint density at radius 2 is 1.79 bits per heavy atom. The molecule has 0 bridgehead atoms. The van der Waals surface area contributed by atoms with Gasteiger partial charge >= 0.3 is 0 Å². The number of alkyl halides is 2. The second kappa shape index (κ2) is 12.5. The SMILES string of the molecule is C=C(C(=Nc1ncnc(N[C@H](C)c2cccc(C(F)F)c2F)c1C)OC1CN(C)C1)C1CCN(C(C)C)CC1. The fourth-order valence-electron chi connectivity index (χ4n) is 5.14. The summed E-state index contributed by atoms with van der Waals surface area (Å²) < 4.78 is 47.5. The lowest BCUT2D eigenvalue weighted by atomic mass is 9.89. The van der Waals surface area contributed by atoms with Crippen molar-refractivity contribution in [1.82, 2.24) is 19.8 Å². The average molecular weight is 545 g/mol. The van der Waals surface area contributed by atoms with Gasteiger partial charge in [0.2, 0.25) is 5.90 Å². The highest BCUT2D eigenvalue weighted by molar-refractivity contribution is 5.95. The number of nitrogens with one attached hydrogen (secondary N) is 1. The second-order valence-corrected chi connectivity index (χ2v) is 10.9. The lowest BCUT2D eigenvalue weighted by molar-refractivity contribution is 0.0294. The molecule has 1 atom stereocenters. The van der Waals surface area contributed by atoms with Crippen molar-refractivity contribution in [3.63, 3.8) is 0 Å². The van der Waals surface area contributed by atoms with Crippen LogP contribution in [0.3, 0.4) is 0 Å². The van der Waals surface area contributed by atoms with Crippen molar-refractivity contribution in [2.75, 3.05) is 38.5 Å². The molecule has 0 radical (unpaired) electrons. The Morgan fingerprint density at radius 1 is 1.13 bits per heavy atom. The first kappa shape index (κ1) is 29.0. The lowest BCUT2D eigenvalue weighted by Gasteiger charge is -2.38. The highest BCUT2D eigenvalue weighted by Gasteiger charge is 2.31. The first-order chi connectivity index (χ1) is 18.5. The Balaban J connectivity index is 1.57. The average Bonchev–Trinajstić information content (AvgIpc) is 2.88. The summed E-state index contributed by atoms with van der Waals surface area (Å²) in [5.74, 6) is 0.703. The van der Waals surface area contributed by atoms with Crippen molar-refractivity contribution in [3.05, 3.63) is 59.2 Å². The Hall–Kier alpha value is -2.98. The molecule has 2 fully saturated rings. The third-order valence-corrected chi connectivity index (χ3v) is 7.71. The standard InChI is InChI=1S/C29H39F3N6O/c1-17(2)38-12-10-21(11-13-38)18(3)29(39-22-14-37(6)15-22)36-28-19(4)27(33-16-34-28)35-20(5)23-8-7-9-24(25(23)30)26(31)32/h7-9,16-17,20-22,26H,3,10-15H2,1-2,4-6H3,(H,33,34,35)/t20-/m1/s1. The first-order valence-corrected chi connectivity index (χ1v) is 13.6. The number of anilines is 1. The van der Waals surface area contributed by atoms with Gasteiger partial charge in [0.15, 0.2) is 5.82 Å². The molecule has 1 aromatic carbocycles. The molecule has 2 aliphatic heterocycles. The van der Waals surface area contributed by atoms with Crippen molar-refractivity contribution in [1.29, 1.82) is 0 Å². The van der Waals surface area contributed by atoms with Gasteiger partial charge in [0.1, 0.15) is 24.1 Å². The van der Waals surface area contributed by atoms with Crippen molar-refractivity contribution in [3.8, 4) is 0 Å². The summed E-state index contributed by atoms with van der Waals surface area (Å²) in [6.07, 6.45) is 0.496. The van der Waals surface area contributed by atoms with Crippen LogP contribution >= 0.6 is 0 Å². The third-order valence-electron chi connectivity index (χ3n) is 7.71. The predicted octanol–water partition coefficient (Wildman–Crippen LogP) is 6.07. The van der Waals surface area contributed by atoms with E-state index in [1.54, 1.807) is 6.92 Å². The fraction of sp³-hybridized carbons (Fsp3) is 0.552. The Kier molecular flexibility index (Phi) is 9.27. The van der Waals surface area contributed by atoms with Crippen molar-refractivity contribution in [2.45, 2.75) is 65.1 Å². The summed E-state index contributed by atoms with van der Waals surface area (Å²) in [4.78, 5) is 18.2. The van der Waals surface area contributed by atoms with Gasteiger partial charge in [-0.3, -0.25) is 4.90 Å². The van der Waals surface area contributed by atoms with Crippen LogP contribution in [-0.4, -0.2) is 71.0 Å². The van der Waals surface area contributed by atoms with E-state index in [0.29, 0.717) is 29.1 Å². The van der Waals surface area contributed by atoms with Crippen LogP contribution in [-0.2, 0) is 4.74 Å². The molecule has 2 saturated heterocycles. The highest BCUT2D eigenvalue weighted by Crippen LogP contribution is 2.32.